The lowest BCUT2D eigenvalue weighted by Gasteiger charge is -2.11. The molecule has 32 heavy (non-hydrogen) atoms. The maximum Gasteiger partial charge on any atom is 0.337 e. The maximum absolute atomic E-state index is 12.5. The predicted molar refractivity (Wildman–Crippen MR) is 132 cm³/mol. The molecule has 1 aromatic heterocycles. The Kier molecular flexibility index (Phi) is 6.28. The molecule has 1 amide bonds. The van der Waals surface area contributed by atoms with Crippen molar-refractivity contribution in [3.8, 4) is 5.69 Å². The number of halogens is 2. The van der Waals surface area contributed by atoms with Gasteiger partial charge in [0.05, 0.1) is 21.2 Å². The highest BCUT2D eigenvalue weighted by molar-refractivity contribution is 9.10. The number of hydrogen-bond acceptors (Lipinski definition) is 4. The molecule has 1 saturated heterocycles. The number of nitrogens with one attached hydrogen (secondary N) is 1. The number of carbonyl (C=O) groups is 2. The number of thioether (sulfide) groups is 1. The van der Waals surface area contributed by atoms with Crippen LogP contribution < -0.4 is 5.32 Å². The molecule has 1 aliphatic rings. The third kappa shape index (κ3) is 4.53. The Balaban J connectivity index is 1.64. The summed E-state index contributed by atoms with van der Waals surface area (Å²) in [7, 11) is 0. The summed E-state index contributed by atoms with van der Waals surface area (Å²) in [5.41, 5.74) is 4.26. The van der Waals surface area contributed by atoms with Gasteiger partial charge in [-0.15, -0.1) is 0 Å². The number of amides is 1. The Bertz CT molecular complexity index is 1310. The van der Waals surface area contributed by atoms with Crippen LogP contribution in [0.3, 0.4) is 0 Å². The summed E-state index contributed by atoms with van der Waals surface area (Å²) in [5.74, 6) is -1.28. The molecule has 9 heteroatoms. The second-order valence-corrected chi connectivity index (χ2v) is 9.44. The lowest BCUT2D eigenvalue weighted by Crippen LogP contribution is -2.19. The Morgan fingerprint density at radius 3 is 2.56 bits per heavy atom. The van der Waals surface area contributed by atoms with Gasteiger partial charge in [0.25, 0.3) is 5.91 Å². The van der Waals surface area contributed by atoms with Gasteiger partial charge in [0, 0.05) is 21.5 Å². The molecular weight excluding hydrogens is 514 g/mol. The Hall–Kier alpha value is -2.81. The number of amidine groups is 1. The summed E-state index contributed by atoms with van der Waals surface area (Å²) in [5, 5.41) is 12.7. The first-order valence-corrected chi connectivity index (χ1v) is 11.5. The van der Waals surface area contributed by atoms with E-state index >= 15 is 0 Å². The molecule has 1 fully saturated rings. The number of carboxylic acids is 1. The fourth-order valence-corrected chi connectivity index (χ4v) is 4.75. The average Bonchev–Trinajstić information content (AvgIpc) is 3.21. The van der Waals surface area contributed by atoms with E-state index in [1.54, 1.807) is 12.1 Å². The van der Waals surface area contributed by atoms with Crippen LogP contribution in [0.1, 0.15) is 27.3 Å². The van der Waals surface area contributed by atoms with Crippen LogP contribution in [0.25, 0.3) is 11.8 Å². The molecule has 0 spiro atoms. The number of aryl methyl sites for hydroxylation is 1. The van der Waals surface area contributed by atoms with Gasteiger partial charge in [0.2, 0.25) is 0 Å². The number of benzene rings is 2. The first-order chi connectivity index (χ1) is 15.2. The molecule has 2 N–H and O–H groups in total. The van der Waals surface area contributed by atoms with Crippen LogP contribution in [-0.2, 0) is 4.79 Å². The minimum absolute atomic E-state index is 0.0526. The van der Waals surface area contributed by atoms with Crippen molar-refractivity contribution in [3.05, 3.63) is 85.4 Å². The van der Waals surface area contributed by atoms with Crippen LogP contribution in [0.15, 0.2) is 62.9 Å². The van der Waals surface area contributed by atoms with Gasteiger partial charge >= 0.3 is 5.97 Å². The second-order valence-electron chi connectivity index (χ2n) is 7.09. The molecule has 1 aliphatic heterocycles. The molecule has 0 atom stereocenters. The lowest BCUT2D eigenvalue weighted by molar-refractivity contribution is -0.115. The summed E-state index contributed by atoms with van der Waals surface area (Å²) in [6.07, 6.45) is 1.83. The summed E-state index contributed by atoms with van der Waals surface area (Å²) >= 11 is 10.8. The Morgan fingerprint density at radius 1 is 1.19 bits per heavy atom. The fourth-order valence-electron chi connectivity index (χ4n) is 3.40. The van der Waals surface area contributed by atoms with E-state index in [-0.39, 0.29) is 16.5 Å². The minimum Gasteiger partial charge on any atom is -0.478 e. The minimum atomic E-state index is -1.07. The van der Waals surface area contributed by atoms with Crippen LogP contribution in [0.4, 0.5) is 5.69 Å². The lowest BCUT2D eigenvalue weighted by atomic mass is 10.2. The van der Waals surface area contributed by atoms with Crippen molar-refractivity contribution in [2.75, 3.05) is 0 Å². The smallest absolute Gasteiger partial charge is 0.337 e. The van der Waals surface area contributed by atoms with Crippen LogP contribution >= 0.6 is 39.3 Å². The number of carbonyl (C=O) groups excluding carboxylic acids is 1. The molecule has 2 aromatic carbocycles. The van der Waals surface area contributed by atoms with Crippen molar-refractivity contribution < 1.29 is 14.7 Å². The van der Waals surface area contributed by atoms with E-state index in [4.69, 9.17) is 11.6 Å². The van der Waals surface area contributed by atoms with Crippen LogP contribution in [-0.4, -0.2) is 26.7 Å². The van der Waals surface area contributed by atoms with E-state index in [1.807, 2.05) is 54.8 Å². The molecule has 0 bridgehead atoms. The average molecular weight is 531 g/mol. The molecule has 0 radical (unpaired) electrons. The van der Waals surface area contributed by atoms with Gasteiger partial charge in [-0.1, -0.05) is 27.5 Å². The second kappa shape index (κ2) is 8.97. The third-order valence-electron chi connectivity index (χ3n) is 4.91. The van der Waals surface area contributed by atoms with Crippen LogP contribution in [0, 0.1) is 13.8 Å². The summed E-state index contributed by atoms with van der Waals surface area (Å²) in [6.45, 7) is 3.88. The molecule has 162 valence electrons. The molecule has 2 heterocycles. The van der Waals surface area contributed by atoms with Gasteiger partial charge in [-0.05, 0) is 85.8 Å². The zero-order valence-corrected chi connectivity index (χ0v) is 20.2. The predicted octanol–water partition coefficient (Wildman–Crippen LogP) is 6.10. The summed E-state index contributed by atoms with van der Waals surface area (Å²) in [4.78, 5) is 28.7. The van der Waals surface area contributed by atoms with E-state index in [0.717, 1.165) is 32.8 Å². The van der Waals surface area contributed by atoms with Crippen molar-refractivity contribution in [2.24, 2.45) is 4.99 Å². The van der Waals surface area contributed by atoms with Crippen molar-refractivity contribution in [3.63, 3.8) is 0 Å². The molecule has 0 unspecified atom stereocenters. The number of rotatable bonds is 4. The molecular formula is C23H17BrClN3O3S. The summed E-state index contributed by atoms with van der Waals surface area (Å²) in [6, 6.07) is 14.3. The quantitative estimate of drug-likeness (QED) is 0.399. The van der Waals surface area contributed by atoms with Gasteiger partial charge < -0.3 is 15.0 Å². The number of aromatic carboxylic acids is 1. The number of nitrogens with zero attached hydrogens (tertiary/aromatic N) is 2. The number of carboxylic acid groups (broad SMARTS) is 1. The molecule has 0 aliphatic carbocycles. The van der Waals surface area contributed by atoms with Crippen molar-refractivity contribution in [1.82, 2.24) is 9.88 Å². The maximum atomic E-state index is 12.5. The number of aliphatic imine (C=N–C) groups is 1. The van der Waals surface area contributed by atoms with Gasteiger partial charge in [-0.3, -0.25) is 4.79 Å². The van der Waals surface area contributed by atoms with Gasteiger partial charge in [0.1, 0.15) is 0 Å². The molecule has 0 saturated carbocycles. The SMILES string of the molecule is Cc1cc(C=C2SC(=Nc3ccc(Br)cc3)NC2=O)c(C)n1-c1ccc(C(=O)O)c(Cl)c1. The Morgan fingerprint density at radius 2 is 1.91 bits per heavy atom. The number of hydrogen-bond donors (Lipinski definition) is 2. The van der Waals surface area contributed by atoms with Gasteiger partial charge in [0.15, 0.2) is 5.17 Å². The van der Waals surface area contributed by atoms with Crippen molar-refractivity contribution in [2.45, 2.75) is 13.8 Å². The van der Waals surface area contributed by atoms with Gasteiger partial charge in [-0.25, -0.2) is 9.79 Å². The van der Waals surface area contributed by atoms with Gasteiger partial charge in [-0.2, -0.15) is 0 Å². The van der Waals surface area contributed by atoms with Crippen molar-refractivity contribution in [1.29, 1.82) is 0 Å². The highest BCUT2D eigenvalue weighted by atomic mass is 79.9. The monoisotopic (exact) mass is 529 g/mol. The summed E-state index contributed by atoms with van der Waals surface area (Å²) < 4.78 is 2.93. The van der Waals surface area contributed by atoms with E-state index in [0.29, 0.717) is 10.1 Å². The van der Waals surface area contributed by atoms with E-state index < -0.39 is 5.97 Å². The van der Waals surface area contributed by atoms with E-state index in [1.165, 1.54) is 17.8 Å². The molecule has 4 rings (SSSR count). The third-order valence-corrected chi connectivity index (χ3v) is 6.66. The van der Waals surface area contributed by atoms with Crippen LogP contribution in [0.5, 0.6) is 0 Å². The number of aromatic nitrogens is 1. The molecule has 6 nitrogen and oxygen atoms in total. The van der Waals surface area contributed by atoms with Crippen LogP contribution in [0.2, 0.25) is 5.02 Å². The van der Waals surface area contributed by atoms with Crippen molar-refractivity contribution >= 4 is 68.1 Å². The first-order valence-electron chi connectivity index (χ1n) is 9.50. The normalized spacial score (nSPS) is 16.1. The highest BCUT2D eigenvalue weighted by Gasteiger charge is 2.24. The van der Waals surface area contributed by atoms with E-state index in [9.17, 15) is 14.7 Å². The standard InChI is InChI=1S/C23H17BrClN3O3S/c1-12-9-14(13(2)28(12)17-7-8-18(22(30)31)19(25)11-17)10-20-21(29)27-23(32-20)26-16-5-3-15(24)4-6-16/h3-11H,1-2H3,(H,30,31)(H,26,27,29). The first kappa shape index (κ1) is 22.4. The van der Waals surface area contributed by atoms with E-state index in [2.05, 4.69) is 26.2 Å². The largest absolute Gasteiger partial charge is 0.478 e. The zero-order valence-electron chi connectivity index (χ0n) is 17.0. The fraction of sp³-hybridized carbons (Fsp3) is 0.0870. The zero-order chi connectivity index (χ0) is 23.0. The molecule has 3 aromatic rings. The highest BCUT2D eigenvalue weighted by Crippen LogP contribution is 2.31. The Labute approximate surface area is 202 Å². The topological polar surface area (TPSA) is 83.7 Å².